The standard InChI is InChI=1S/C8H16O2Si/c1-5-8(9)10-7-11(3,4)6-2/h6H,2,5,7H2,1,3-4H3. The fourth-order valence-corrected chi connectivity index (χ4v) is 1.08. The van der Waals surface area contributed by atoms with Gasteiger partial charge in [0.25, 0.3) is 0 Å². The summed E-state index contributed by atoms with van der Waals surface area (Å²) in [6, 6.07) is 0. The van der Waals surface area contributed by atoms with Crippen molar-refractivity contribution >= 4 is 14.0 Å². The molecular weight excluding hydrogens is 156 g/mol. The van der Waals surface area contributed by atoms with Crippen LogP contribution in [0, 0.1) is 0 Å². The minimum absolute atomic E-state index is 0.118. The van der Waals surface area contributed by atoms with Crippen molar-refractivity contribution < 1.29 is 9.53 Å². The van der Waals surface area contributed by atoms with Gasteiger partial charge in [0.2, 0.25) is 0 Å². The molecule has 0 unspecified atom stereocenters. The molecule has 0 saturated carbocycles. The molecule has 0 fully saturated rings. The lowest BCUT2D eigenvalue weighted by Crippen LogP contribution is -2.31. The summed E-state index contributed by atoms with van der Waals surface area (Å²) >= 11 is 0. The molecule has 0 aromatic carbocycles. The van der Waals surface area contributed by atoms with E-state index in [1.165, 1.54) is 0 Å². The summed E-state index contributed by atoms with van der Waals surface area (Å²) in [4.78, 5) is 10.7. The van der Waals surface area contributed by atoms with Crippen LogP contribution >= 0.6 is 0 Å². The number of hydrogen-bond donors (Lipinski definition) is 0. The molecule has 0 aromatic rings. The normalized spacial score (nSPS) is 10.8. The smallest absolute Gasteiger partial charge is 0.305 e. The van der Waals surface area contributed by atoms with Gasteiger partial charge in [-0.1, -0.05) is 25.7 Å². The van der Waals surface area contributed by atoms with Gasteiger partial charge >= 0.3 is 5.97 Å². The van der Waals surface area contributed by atoms with Gasteiger partial charge < -0.3 is 4.74 Å². The highest BCUT2D eigenvalue weighted by Crippen LogP contribution is 2.03. The Balaban J connectivity index is 3.69. The van der Waals surface area contributed by atoms with Crippen LogP contribution in [0.25, 0.3) is 0 Å². The molecule has 2 nitrogen and oxygen atoms in total. The number of ether oxygens (including phenoxy) is 1. The number of hydrogen-bond acceptors (Lipinski definition) is 2. The number of rotatable bonds is 4. The fraction of sp³-hybridized carbons (Fsp3) is 0.625. The third-order valence-electron chi connectivity index (χ3n) is 1.45. The van der Waals surface area contributed by atoms with E-state index in [2.05, 4.69) is 19.7 Å². The van der Waals surface area contributed by atoms with E-state index < -0.39 is 8.07 Å². The van der Waals surface area contributed by atoms with Crippen molar-refractivity contribution in [2.75, 3.05) is 6.23 Å². The van der Waals surface area contributed by atoms with Gasteiger partial charge in [0.05, 0.1) is 6.23 Å². The second-order valence-electron chi connectivity index (χ2n) is 3.21. The summed E-state index contributed by atoms with van der Waals surface area (Å²) in [6.07, 6.45) is 1.02. The van der Waals surface area contributed by atoms with Crippen LogP contribution in [0.4, 0.5) is 0 Å². The number of esters is 1. The van der Waals surface area contributed by atoms with E-state index in [0.717, 1.165) is 0 Å². The van der Waals surface area contributed by atoms with Crippen molar-refractivity contribution in [3.05, 3.63) is 12.3 Å². The Bertz CT molecular complexity index is 152. The maximum atomic E-state index is 10.7. The molecular formula is C8H16O2Si. The molecule has 0 N–H and O–H groups in total. The summed E-state index contributed by atoms with van der Waals surface area (Å²) in [5.74, 6) is -0.118. The monoisotopic (exact) mass is 172 g/mol. The molecule has 0 saturated heterocycles. The van der Waals surface area contributed by atoms with Gasteiger partial charge in [0.1, 0.15) is 8.07 Å². The second kappa shape index (κ2) is 4.33. The van der Waals surface area contributed by atoms with Crippen molar-refractivity contribution in [2.24, 2.45) is 0 Å². The summed E-state index contributed by atoms with van der Waals surface area (Å²) in [6.45, 7) is 9.73. The quantitative estimate of drug-likeness (QED) is 0.478. The van der Waals surface area contributed by atoms with Crippen LogP contribution in [-0.4, -0.2) is 20.3 Å². The molecule has 0 atom stereocenters. The average molecular weight is 172 g/mol. The van der Waals surface area contributed by atoms with Crippen molar-refractivity contribution in [3.8, 4) is 0 Å². The SMILES string of the molecule is C=C[Si](C)(C)COC(=O)CC. The van der Waals surface area contributed by atoms with Crippen LogP contribution in [0.3, 0.4) is 0 Å². The van der Waals surface area contributed by atoms with E-state index in [0.29, 0.717) is 12.7 Å². The minimum Gasteiger partial charge on any atom is -0.469 e. The first-order chi connectivity index (χ1) is 5.02. The maximum absolute atomic E-state index is 10.7. The molecule has 0 amide bonds. The predicted octanol–water partition coefficient (Wildman–Crippen LogP) is 1.91. The van der Waals surface area contributed by atoms with E-state index in [9.17, 15) is 4.79 Å². The molecule has 3 heteroatoms. The molecule has 0 aliphatic heterocycles. The molecule has 0 spiro atoms. The largest absolute Gasteiger partial charge is 0.469 e. The Morgan fingerprint density at radius 3 is 2.55 bits per heavy atom. The zero-order valence-electron chi connectivity index (χ0n) is 7.52. The first kappa shape index (κ1) is 10.4. The van der Waals surface area contributed by atoms with Crippen molar-refractivity contribution in [3.63, 3.8) is 0 Å². The predicted molar refractivity (Wildman–Crippen MR) is 48.9 cm³/mol. The van der Waals surface area contributed by atoms with Gasteiger partial charge in [-0.25, -0.2) is 0 Å². The van der Waals surface area contributed by atoms with Gasteiger partial charge in [-0.15, -0.1) is 6.58 Å². The Morgan fingerprint density at radius 1 is 1.64 bits per heavy atom. The maximum Gasteiger partial charge on any atom is 0.305 e. The van der Waals surface area contributed by atoms with Gasteiger partial charge in [-0.05, 0) is 0 Å². The van der Waals surface area contributed by atoms with Crippen LogP contribution in [0.15, 0.2) is 12.3 Å². The molecule has 0 aliphatic carbocycles. The number of carbonyl (C=O) groups is 1. The minimum atomic E-state index is -1.44. The molecule has 0 rings (SSSR count). The number of carbonyl (C=O) groups excluding carboxylic acids is 1. The molecule has 64 valence electrons. The average Bonchev–Trinajstić information content (AvgIpc) is 2.00. The lowest BCUT2D eigenvalue weighted by molar-refractivity contribution is -0.141. The third-order valence-corrected chi connectivity index (χ3v) is 3.44. The van der Waals surface area contributed by atoms with E-state index in [-0.39, 0.29) is 5.97 Å². The van der Waals surface area contributed by atoms with E-state index >= 15 is 0 Å². The highest BCUT2D eigenvalue weighted by atomic mass is 28.3. The Kier molecular flexibility index (Phi) is 4.11. The highest BCUT2D eigenvalue weighted by Gasteiger charge is 2.17. The first-order valence-electron chi connectivity index (χ1n) is 3.81. The molecule has 0 bridgehead atoms. The fourth-order valence-electron chi connectivity index (χ4n) is 0.427. The topological polar surface area (TPSA) is 26.3 Å². The molecule has 11 heavy (non-hydrogen) atoms. The highest BCUT2D eigenvalue weighted by molar-refractivity contribution is 6.82. The first-order valence-corrected chi connectivity index (χ1v) is 7.09. The summed E-state index contributed by atoms with van der Waals surface area (Å²) in [7, 11) is -1.44. The van der Waals surface area contributed by atoms with Gasteiger partial charge in [-0.3, -0.25) is 4.79 Å². The van der Waals surface area contributed by atoms with E-state index in [4.69, 9.17) is 4.74 Å². The third kappa shape index (κ3) is 4.78. The molecule has 0 heterocycles. The molecule has 0 radical (unpaired) electrons. The lowest BCUT2D eigenvalue weighted by atomic mass is 10.5. The van der Waals surface area contributed by atoms with Crippen LogP contribution in [0.5, 0.6) is 0 Å². The molecule has 0 aromatic heterocycles. The Hall–Kier alpha value is -0.573. The summed E-state index contributed by atoms with van der Waals surface area (Å²) in [5.41, 5.74) is 1.93. The Labute approximate surface area is 69.3 Å². The second-order valence-corrected chi connectivity index (χ2v) is 7.88. The van der Waals surface area contributed by atoms with Crippen molar-refractivity contribution in [1.29, 1.82) is 0 Å². The van der Waals surface area contributed by atoms with Crippen LogP contribution in [0.1, 0.15) is 13.3 Å². The van der Waals surface area contributed by atoms with Gasteiger partial charge in [0, 0.05) is 6.42 Å². The van der Waals surface area contributed by atoms with E-state index in [1.807, 2.05) is 5.70 Å². The zero-order valence-corrected chi connectivity index (χ0v) is 8.52. The zero-order chi connectivity index (χ0) is 8.91. The van der Waals surface area contributed by atoms with Crippen LogP contribution in [0.2, 0.25) is 13.1 Å². The van der Waals surface area contributed by atoms with E-state index in [1.54, 1.807) is 6.92 Å². The summed E-state index contributed by atoms with van der Waals surface area (Å²) in [5, 5.41) is 0. The Morgan fingerprint density at radius 2 is 2.18 bits per heavy atom. The van der Waals surface area contributed by atoms with Gasteiger partial charge in [0.15, 0.2) is 0 Å². The van der Waals surface area contributed by atoms with Crippen LogP contribution < -0.4 is 0 Å². The lowest BCUT2D eigenvalue weighted by Gasteiger charge is -2.16. The summed E-state index contributed by atoms with van der Waals surface area (Å²) < 4.78 is 5.00. The molecule has 0 aliphatic rings. The van der Waals surface area contributed by atoms with Crippen LogP contribution in [-0.2, 0) is 9.53 Å². The van der Waals surface area contributed by atoms with Gasteiger partial charge in [-0.2, -0.15) is 0 Å². The van der Waals surface area contributed by atoms with Crippen molar-refractivity contribution in [2.45, 2.75) is 26.4 Å². The van der Waals surface area contributed by atoms with Crippen molar-refractivity contribution in [1.82, 2.24) is 0 Å².